The van der Waals surface area contributed by atoms with E-state index in [0.29, 0.717) is 44.5 Å². The summed E-state index contributed by atoms with van der Waals surface area (Å²) >= 11 is 0. The van der Waals surface area contributed by atoms with Gasteiger partial charge < -0.3 is 35.6 Å². The topological polar surface area (TPSA) is 148 Å². The third kappa shape index (κ3) is 10.7. The number of aliphatic hydroxyl groups excluding tert-OH is 3. The Morgan fingerprint density at radius 3 is 2.20 bits per heavy atom. The fourth-order valence-electron chi connectivity index (χ4n) is 6.57. The van der Waals surface area contributed by atoms with Crippen LogP contribution in [0.5, 0.6) is 0 Å². The molecule has 2 fully saturated rings. The van der Waals surface area contributed by atoms with E-state index < -0.39 is 40.3 Å². The van der Waals surface area contributed by atoms with E-state index in [2.05, 4.69) is 60.2 Å². The number of likely N-dealkylation sites (tertiary alicyclic amines) is 1. The Morgan fingerprint density at radius 1 is 0.939 bits per heavy atom. The van der Waals surface area contributed by atoms with Crippen molar-refractivity contribution >= 4 is 28.8 Å². The van der Waals surface area contributed by atoms with Gasteiger partial charge in [-0.2, -0.15) is 0 Å². The molecule has 0 aromatic heterocycles. The Kier molecular flexibility index (Phi) is 12.8. The summed E-state index contributed by atoms with van der Waals surface area (Å²) in [4.78, 5) is 39.8. The fraction of sp³-hybridized carbons (Fsp3) is 0.605. The van der Waals surface area contributed by atoms with E-state index in [-0.39, 0.29) is 29.2 Å². The van der Waals surface area contributed by atoms with Gasteiger partial charge in [-0.25, -0.2) is 15.7 Å². The van der Waals surface area contributed by atoms with Gasteiger partial charge in [-0.05, 0) is 108 Å². The van der Waals surface area contributed by atoms with Crippen molar-refractivity contribution < 1.29 is 34.4 Å². The largest absolute Gasteiger partial charge is 0.444 e. The van der Waals surface area contributed by atoms with Crippen molar-refractivity contribution in [3.63, 3.8) is 0 Å². The summed E-state index contributed by atoms with van der Waals surface area (Å²) < 4.78 is 5.45. The number of thiol groups is 1. The molecule has 0 saturated carbocycles. The molecule has 0 radical (unpaired) electrons. The molecule has 0 aliphatic carbocycles. The molecule has 49 heavy (non-hydrogen) atoms. The number of aryl methyl sites for hydroxylation is 2. The second-order valence-corrected chi connectivity index (χ2v) is 17.8. The summed E-state index contributed by atoms with van der Waals surface area (Å²) in [5.41, 5.74) is 4.00. The van der Waals surface area contributed by atoms with E-state index in [1.165, 1.54) is 0 Å². The summed E-state index contributed by atoms with van der Waals surface area (Å²) in [5.74, 6) is 0.0965. The number of nitrogens with zero attached hydrogens (tertiary/aromatic N) is 1. The van der Waals surface area contributed by atoms with E-state index in [1.54, 1.807) is 18.7 Å². The number of piperidine rings is 1. The number of benzene rings is 2. The molecular formula is C38H57N3O7S. The smallest absolute Gasteiger partial charge is 0.410 e. The van der Waals surface area contributed by atoms with Gasteiger partial charge in [0.05, 0.1) is 12.2 Å². The predicted molar refractivity (Wildman–Crippen MR) is 195 cm³/mol. The quantitative estimate of drug-likeness (QED) is 0.205. The molecule has 2 aliphatic heterocycles. The van der Waals surface area contributed by atoms with Gasteiger partial charge in [-0.1, -0.05) is 42.5 Å². The van der Waals surface area contributed by atoms with Crippen LogP contribution in [-0.4, -0.2) is 98.7 Å². The number of carbonyl (C=O) groups excluding carboxylic acids is 3. The van der Waals surface area contributed by atoms with Crippen molar-refractivity contribution in [1.29, 1.82) is 0 Å². The minimum Gasteiger partial charge on any atom is -0.444 e. The normalized spacial score (nSPS) is 24.3. The first kappa shape index (κ1) is 38.7. The molecule has 2 aromatic rings. The van der Waals surface area contributed by atoms with Crippen molar-refractivity contribution in [2.45, 2.75) is 121 Å². The minimum absolute atomic E-state index is 0.0727. The number of amides is 3. The van der Waals surface area contributed by atoms with Crippen molar-refractivity contribution in [2.75, 3.05) is 25.1 Å². The highest BCUT2D eigenvalue weighted by atomic mass is 32.2. The molecule has 2 saturated heterocycles. The van der Waals surface area contributed by atoms with Crippen LogP contribution < -0.4 is 10.6 Å². The summed E-state index contributed by atoms with van der Waals surface area (Å²) in [6, 6.07) is 14.6. The molecule has 2 aromatic carbocycles. The van der Waals surface area contributed by atoms with E-state index in [9.17, 15) is 29.7 Å². The van der Waals surface area contributed by atoms with Gasteiger partial charge in [0.15, 0.2) is 0 Å². The van der Waals surface area contributed by atoms with Crippen LogP contribution in [0.2, 0.25) is 0 Å². The lowest BCUT2D eigenvalue weighted by Gasteiger charge is -2.42. The maximum Gasteiger partial charge on any atom is 0.410 e. The molecule has 272 valence electrons. The zero-order valence-corrected chi connectivity index (χ0v) is 31.1. The average Bonchev–Trinajstić information content (AvgIpc) is 3.01. The Bertz CT molecular complexity index is 1450. The van der Waals surface area contributed by atoms with Crippen molar-refractivity contribution in [2.24, 2.45) is 0 Å². The number of nitrogens with one attached hydrogen (secondary N) is 2. The molecular weight excluding hydrogens is 642 g/mol. The van der Waals surface area contributed by atoms with Crippen molar-refractivity contribution in [3.8, 4) is 0 Å². The molecule has 2 heterocycles. The standard InChI is InChI=1S/C38H57N3O7S/c1-24-11-16-27(34-33(45)32(44)30(42)23-49(34)7)22-28(24)21-26-14-12-25(13-15-26)9-8-10-31(43)40-38(5,6)35(46)39-29-17-19-41(20-18-29)36(47)48-37(2,3)4/h11-16,22,29-30,32-34,42,44-45,49H,8-10,17-21,23H2,1-7H3,(H,39,46)(H,40,43)/t30-,32-,33-,34+/m1/s1. The van der Waals surface area contributed by atoms with E-state index in [1.807, 2.05) is 26.8 Å². The average molecular weight is 700 g/mol. The van der Waals surface area contributed by atoms with Crippen molar-refractivity contribution in [1.82, 2.24) is 15.5 Å². The molecule has 2 aliphatic rings. The second-order valence-electron chi connectivity index (χ2n) is 15.4. The molecule has 0 spiro atoms. The van der Waals surface area contributed by atoms with Gasteiger partial charge in [0, 0.05) is 36.6 Å². The molecule has 0 bridgehead atoms. The summed E-state index contributed by atoms with van der Waals surface area (Å²) in [6.45, 7) is 12.0. The molecule has 3 amide bonds. The van der Waals surface area contributed by atoms with Gasteiger partial charge in [0.25, 0.3) is 0 Å². The van der Waals surface area contributed by atoms with Gasteiger partial charge in [0.1, 0.15) is 17.2 Å². The van der Waals surface area contributed by atoms with Crippen LogP contribution in [0, 0.1) is 6.92 Å². The lowest BCUT2D eigenvalue weighted by Crippen LogP contribution is -2.58. The van der Waals surface area contributed by atoms with Crippen LogP contribution in [0.3, 0.4) is 0 Å². The monoisotopic (exact) mass is 699 g/mol. The summed E-state index contributed by atoms with van der Waals surface area (Å²) in [7, 11) is -0.678. The molecule has 4 rings (SSSR count). The Labute approximate surface area is 294 Å². The molecule has 11 heteroatoms. The number of rotatable bonds is 10. The second kappa shape index (κ2) is 16.3. The maximum absolute atomic E-state index is 13.0. The minimum atomic E-state index is -1.13. The maximum atomic E-state index is 13.0. The third-order valence-electron chi connectivity index (χ3n) is 9.52. The number of hydrogen-bond donors (Lipinski definition) is 6. The molecule has 1 unspecified atom stereocenters. The highest BCUT2D eigenvalue weighted by Crippen LogP contribution is 2.48. The third-order valence-corrected chi connectivity index (χ3v) is 12.0. The van der Waals surface area contributed by atoms with Gasteiger partial charge in [-0.3, -0.25) is 9.59 Å². The van der Waals surface area contributed by atoms with E-state index >= 15 is 0 Å². The molecule has 5 atom stereocenters. The van der Waals surface area contributed by atoms with Crippen LogP contribution in [0.15, 0.2) is 42.5 Å². The first-order valence-electron chi connectivity index (χ1n) is 17.4. The summed E-state index contributed by atoms with van der Waals surface area (Å²) in [5, 5.41) is 36.9. The lowest BCUT2D eigenvalue weighted by atomic mass is 9.93. The van der Waals surface area contributed by atoms with Crippen LogP contribution in [-0.2, 0) is 27.2 Å². The van der Waals surface area contributed by atoms with E-state index in [4.69, 9.17) is 4.74 Å². The first-order valence-corrected chi connectivity index (χ1v) is 19.5. The number of aliphatic hydroxyl groups is 3. The lowest BCUT2D eigenvalue weighted by molar-refractivity contribution is -0.133. The Morgan fingerprint density at radius 2 is 1.57 bits per heavy atom. The van der Waals surface area contributed by atoms with Gasteiger partial charge in [-0.15, -0.1) is 0 Å². The fourth-order valence-corrected chi connectivity index (χ4v) is 8.97. The van der Waals surface area contributed by atoms with Crippen molar-refractivity contribution in [3.05, 3.63) is 70.3 Å². The first-order chi connectivity index (χ1) is 22.9. The highest BCUT2D eigenvalue weighted by molar-refractivity contribution is 8.16. The SMILES string of the molecule is Cc1ccc([C@H]2[C@H](O)[C@H](O)[C@H](O)C[SH]2C)cc1Cc1ccc(CCCC(=O)NC(C)(C)C(=O)NC2CCN(C(=O)OC(C)(C)C)CC2)cc1. The van der Waals surface area contributed by atoms with Crippen LogP contribution in [0.4, 0.5) is 4.79 Å². The van der Waals surface area contributed by atoms with Gasteiger partial charge in [0.2, 0.25) is 11.8 Å². The highest BCUT2D eigenvalue weighted by Gasteiger charge is 2.40. The number of carbonyl (C=O) groups is 3. The van der Waals surface area contributed by atoms with Crippen LogP contribution in [0.1, 0.15) is 93.4 Å². The Balaban J connectivity index is 1.21. The van der Waals surface area contributed by atoms with Crippen LogP contribution in [0.25, 0.3) is 0 Å². The number of hydrogen-bond acceptors (Lipinski definition) is 7. The van der Waals surface area contributed by atoms with Crippen LogP contribution >= 0.6 is 10.9 Å². The Hall–Kier alpha value is -3.12. The molecule has 10 nitrogen and oxygen atoms in total. The molecule has 5 N–H and O–H groups in total. The summed E-state index contributed by atoms with van der Waals surface area (Å²) in [6.07, 6.45) is 2.41. The zero-order chi connectivity index (χ0) is 36.1. The van der Waals surface area contributed by atoms with E-state index in [0.717, 1.165) is 40.7 Å². The van der Waals surface area contributed by atoms with Gasteiger partial charge >= 0.3 is 6.09 Å². The zero-order valence-electron chi connectivity index (χ0n) is 30.2. The predicted octanol–water partition coefficient (Wildman–Crippen LogP) is 4.09. The number of ether oxygens (including phenoxy) is 1.